The van der Waals surface area contributed by atoms with Gasteiger partial charge in [-0.2, -0.15) is 0 Å². The third-order valence-electron chi connectivity index (χ3n) is 12.5. The van der Waals surface area contributed by atoms with E-state index in [4.69, 9.17) is 4.74 Å². The number of para-hydroxylation sites is 1. The summed E-state index contributed by atoms with van der Waals surface area (Å²) >= 11 is 0. The van der Waals surface area contributed by atoms with Crippen LogP contribution >= 0.6 is 0 Å². The number of fused-ring (bicyclic) bond motifs is 4. The number of rotatable bonds is 11. The van der Waals surface area contributed by atoms with Crippen molar-refractivity contribution >= 4 is 61.8 Å². The van der Waals surface area contributed by atoms with Crippen molar-refractivity contribution in [1.29, 1.82) is 0 Å². The SMILES string of the molecule is C=Nc1ccc2ccc(-c3ccc(-c4ccc(N(c5ccc(-c6cc7ccccc7c7ccccc67)cc5)c5ccccc5-c5ccccc5)cc4)cc3)cc2c1OCc1ccccc1. The van der Waals surface area contributed by atoms with Crippen LogP contribution in [0.2, 0.25) is 0 Å². The highest BCUT2D eigenvalue weighted by Crippen LogP contribution is 2.43. The smallest absolute Gasteiger partial charge is 0.153 e. The lowest BCUT2D eigenvalue weighted by Gasteiger charge is -2.28. The second-order valence-electron chi connectivity index (χ2n) is 16.4. The Kier molecular flexibility index (Phi) is 10.5. The molecule has 0 aliphatic rings. The molecule has 11 aromatic rings. The van der Waals surface area contributed by atoms with Gasteiger partial charge in [0.05, 0.1) is 5.69 Å². The largest absolute Gasteiger partial charge is 0.486 e. The summed E-state index contributed by atoms with van der Waals surface area (Å²) in [5, 5.41) is 7.14. The van der Waals surface area contributed by atoms with Crippen molar-refractivity contribution in [3.05, 3.63) is 248 Å². The van der Waals surface area contributed by atoms with Gasteiger partial charge in [0, 0.05) is 22.3 Å². The molecular formula is C62H44N2O. The van der Waals surface area contributed by atoms with Crippen LogP contribution in [0.5, 0.6) is 5.75 Å². The van der Waals surface area contributed by atoms with Crippen molar-refractivity contribution in [3.8, 4) is 50.3 Å². The molecule has 0 N–H and O–H groups in total. The van der Waals surface area contributed by atoms with Crippen LogP contribution in [-0.4, -0.2) is 6.72 Å². The monoisotopic (exact) mass is 832 g/mol. The molecular weight excluding hydrogens is 789 g/mol. The first-order chi connectivity index (χ1) is 32.2. The Morgan fingerprint density at radius 1 is 0.369 bits per heavy atom. The van der Waals surface area contributed by atoms with Crippen LogP contribution < -0.4 is 9.64 Å². The molecule has 0 unspecified atom stereocenters. The summed E-state index contributed by atoms with van der Waals surface area (Å²) in [7, 11) is 0. The zero-order valence-electron chi connectivity index (χ0n) is 35.8. The topological polar surface area (TPSA) is 24.8 Å². The first kappa shape index (κ1) is 39.3. The first-order valence-electron chi connectivity index (χ1n) is 22.1. The second-order valence-corrected chi connectivity index (χ2v) is 16.4. The van der Waals surface area contributed by atoms with E-state index < -0.39 is 0 Å². The van der Waals surface area contributed by atoms with Gasteiger partial charge >= 0.3 is 0 Å². The molecule has 0 saturated carbocycles. The Labute approximate surface area is 379 Å². The number of aliphatic imine (C=N–C) groups is 1. The number of hydrogen-bond acceptors (Lipinski definition) is 3. The van der Waals surface area contributed by atoms with Crippen LogP contribution in [0.15, 0.2) is 248 Å². The molecule has 0 amide bonds. The maximum Gasteiger partial charge on any atom is 0.153 e. The van der Waals surface area contributed by atoms with Crippen molar-refractivity contribution < 1.29 is 4.74 Å². The minimum Gasteiger partial charge on any atom is -0.486 e. The lowest BCUT2D eigenvalue weighted by atomic mass is 9.93. The Balaban J connectivity index is 0.927. The standard InChI is InChI=1S/C62H44N2O/c1-63-60-39-34-49-28-29-50(40-59(49)62(60)65-42-43-14-4-2-5-15-43)46-26-24-44(25-27-46)45-30-35-52(36-31-45)64(61-23-13-12-20-55(61)47-16-6-3-7-17-47)53-37-32-48(33-38-53)58-41-51-18-8-9-19-54(51)56-21-10-11-22-57(56)58/h2-41H,1,42H2. The summed E-state index contributed by atoms with van der Waals surface area (Å²) in [4.78, 5) is 6.68. The summed E-state index contributed by atoms with van der Waals surface area (Å²) in [5.74, 6) is 0.745. The van der Waals surface area contributed by atoms with E-state index in [1.807, 2.05) is 24.3 Å². The van der Waals surface area contributed by atoms with Gasteiger partial charge in [-0.15, -0.1) is 0 Å². The van der Waals surface area contributed by atoms with Gasteiger partial charge in [-0.3, -0.25) is 4.99 Å². The molecule has 0 bridgehead atoms. The Morgan fingerprint density at radius 3 is 1.60 bits per heavy atom. The summed E-state index contributed by atoms with van der Waals surface area (Å²) in [5.41, 5.74) is 14.4. The van der Waals surface area contributed by atoms with E-state index in [2.05, 4.69) is 235 Å². The van der Waals surface area contributed by atoms with Gasteiger partial charge in [0.25, 0.3) is 0 Å². The summed E-state index contributed by atoms with van der Waals surface area (Å²) in [6.07, 6.45) is 0. The third-order valence-corrected chi connectivity index (χ3v) is 12.5. The lowest BCUT2D eigenvalue weighted by Crippen LogP contribution is -2.11. The van der Waals surface area contributed by atoms with E-state index in [1.165, 1.54) is 38.2 Å². The van der Waals surface area contributed by atoms with Crippen LogP contribution in [0, 0.1) is 0 Å². The van der Waals surface area contributed by atoms with Crippen LogP contribution in [0.3, 0.4) is 0 Å². The van der Waals surface area contributed by atoms with Gasteiger partial charge in [0.1, 0.15) is 12.3 Å². The van der Waals surface area contributed by atoms with Crippen molar-refractivity contribution in [2.24, 2.45) is 4.99 Å². The zero-order chi connectivity index (χ0) is 43.5. The van der Waals surface area contributed by atoms with E-state index in [-0.39, 0.29) is 0 Å². The van der Waals surface area contributed by atoms with E-state index in [0.29, 0.717) is 6.61 Å². The molecule has 0 aromatic heterocycles. The molecule has 308 valence electrons. The molecule has 0 fully saturated rings. The number of hydrogen-bond donors (Lipinski definition) is 0. The highest BCUT2D eigenvalue weighted by molar-refractivity contribution is 6.13. The Morgan fingerprint density at radius 2 is 0.892 bits per heavy atom. The molecule has 0 spiro atoms. The molecule has 0 radical (unpaired) electrons. The van der Waals surface area contributed by atoms with Crippen LogP contribution in [0.25, 0.3) is 76.8 Å². The average Bonchev–Trinajstić information content (AvgIpc) is 3.39. The van der Waals surface area contributed by atoms with Gasteiger partial charge in [-0.05, 0) is 127 Å². The van der Waals surface area contributed by atoms with E-state index >= 15 is 0 Å². The van der Waals surface area contributed by atoms with Gasteiger partial charge in [-0.1, -0.05) is 194 Å². The molecule has 0 aliphatic carbocycles. The van der Waals surface area contributed by atoms with Gasteiger partial charge in [0.2, 0.25) is 0 Å². The maximum absolute atomic E-state index is 6.42. The van der Waals surface area contributed by atoms with Crippen LogP contribution in [-0.2, 0) is 6.61 Å². The highest BCUT2D eigenvalue weighted by Gasteiger charge is 2.18. The molecule has 0 atom stereocenters. The number of ether oxygens (including phenoxy) is 1. The molecule has 0 heterocycles. The van der Waals surface area contributed by atoms with Gasteiger partial charge < -0.3 is 9.64 Å². The van der Waals surface area contributed by atoms with Crippen LogP contribution in [0.1, 0.15) is 5.56 Å². The number of anilines is 3. The van der Waals surface area contributed by atoms with Crippen molar-refractivity contribution in [2.75, 3.05) is 4.90 Å². The number of nitrogens with zero attached hydrogens (tertiary/aromatic N) is 2. The average molecular weight is 833 g/mol. The zero-order valence-corrected chi connectivity index (χ0v) is 35.8. The van der Waals surface area contributed by atoms with Crippen molar-refractivity contribution in [1.82, 2.24) is 0 Å². The molecule has 65 heavy (non-hydrogen) atoms. The van der Waals surface area contributed by atoms with E-state index in [0.717, 1.165) is 72.7 Å². The van der Waals surface area contributed by atoms with Crippen LogP contribution in [0.4, 0.5) is 22.7 Å². The minimum atomic E-state index is 0.452. The van der Waals surface area contributed by atoms with E-state index in [9.17, 15) is 0 Å². The predicted molar refractivity (Wildman–Crippen MR) is 275 cm³/mol. The first-order valence-corrected chi connectivity index (χ1v) is 22.1. The van der Waals surface area contributed by atoms with E-state index in [1.54, 1.807) is 0 Å². The number of benzene rings is 11. The van der Waals surface area contributed by atoms with Gasteiger partial charge in [0.15, 0.2) is 5.75 Å². The minimum absolute atomic E-state index is 0.452. The summed E-state index contributed by atoms with van der Waals surface area (Å²) < 4.78 is 6.42. The third kappa shape index (κ3) is 7.70. The fourth-order valence-corrected chi connectivity index (χ4v) is 9.17. The molecule has 3 heteroatoms. The fraction of sp³-hybridized carbons (Fsp3) is 0.0161. The maximum atomic E-state index is 6.42. The predicted octanol–water partition coefficient (Wildman–Crippen LogP) is 17.2. The van der Waals surface area contributed by atoms with Crippen molar-refractivity contribution in [3.63, 3.8) is 0 Å². The summed E-state index contributed by atoms with van der Waals surface area (Å²) in [6, 6.07) is 86.7. The van der Waals surface area contributed by atoms with Gasteiger partial charge in [-0.25, -0.2) is 0 Å². The van der Waals surface area contributed by atoms with Crippen molar-refractivity contribution in [2.45, 2.75) is 6.61 Å². The fourth-order valence-electron chi connectivity index (χ4n) is 9.17. The lowest BCUT2D eigenvalue weighted by molar-refractivity contribution is 0.311. The molecule has 11 rings (SSSR count). The Hall–Kier alpha value is -8.53. The summed E-state index contributed by atoms with van der Waals surface area (Å²) in [6.45, 7) is 4.28. The second kappa shape index (κ2) is 17.3. The molecule has 0 aliphatic heterocycles. The quantitative estimate of drug-likeness (QED) is 0.0958. The molecule has 11 aromatic carbocycles. The molecule has 3 nitrogen and oxygen atoms in total. The normalized spacial score (nSPS) is 11.2. The highest BCUT2D eigenvalue weighted by atomic mass is 16.5. The molecule has 0 saturated heterocycles. The Bertz CT molecular complexity index is 3470.